The Balaban J connectivity index is 1.61. The van der Waals surface area contributed by atoms with Gasteiger partial charge < -0.3 is 46.4 Å². The monoisotopic (exact) mass is 620 g/mol. The van der Waals surface area contributed by atoms with E-state index >= 15 is 0 Å². The number of primary amides is 1. The highest BCUT2D eigenvalue weighted by Crippen LogP contribution is 2.56. The number of aliphatic hydroxyl groups is 3. The van der Waals surface area contributed by atoms with E-state index in [1.807, 2.05) is 0 Å². The predicted molar refractivity (Wildman–Crippen MR) is 165 cm³/mol. The second-order valence-electron chi connectivity index (χ2n) is 12.2. The second-order valence-corrected chi connectivity index (χ2v) is 12.2. The summed E-state index contributed by atoms with van der Waals surface area (Å²) in [5.41, 5.74) is 2.81. The third-order valence-corrected chi connectivity index (χ3v) is 9.02. The molecule has 0 bridgehead atoms. The third-order valence-electron chi connectivity index (χ3n) is 9.02. The van der Waals surface area contributed by atoms with Gasteiger partial charge in [0.25, 0.3) is 5.91 Å². The number of aliphatic hydroxyl groups excluding tert-OH is 2. The Morgan fingerprint density at radius 2 is 1.73 bits per heavy atom. The van der Waals surface area contributed by atoms with Crippen LogP contribution in [0.15, 0.2) is 47.2 Å². The number of nitrogens with zero attached hydrogens (tertiary/aromatic N) is 1. The molecular formula is C32H36N4O9. The summed E-state index contributed by atoms with van der Waals surface area (Å²) in [5.74, 6) is -8.11. The van der Waals surface area contributed by atoms with Gasteiger partial charge in [0.05, 0.1) is 18.4 Å². The molecule has 2 aromatic carbocycles. The fourth-order valence-corrected chi connectivity index (χ4v) is 6.99. The number of ketones is 2. The molecule has 0 heterocycles. The number of urea groups is 1. The van der Waals surface area contributed by atoms with E-state index in [-0.39, 0.29) is 29.7 Å². The number of hydrogen-bond acceptors (Lipinski definition) is 10. The highest BCUT2D eigenvalue weighted by atomic mass is 16.5. The molecule has 4 atom stereocenters. The summed E-state index contributed by atoms with van der Waals surface area (Å²) < 4.78 is 5.12. The zero-order valence-corrected chi connectivity index (χ0v) is 25.5. The number of methoxy groups -OCH3 is 1. The maximum absolute atomic E-state index is 14.1. The standard InChI is InChI=1S/C32H36N4O9/c1-13(2)21-18-11-14-10-17-20(36(3)4)12-19(35-31(43)34-15-6-8-16(45-5)9-7-15)25(37)23(17)27(39)22(14)28(40)32(18,44)29(41)24(26(21)38)30(33)42/h6-9,12-14,18,21,37,39,41,44H,10-11H2,1-5H3,(H2,33,42)(H2,34,35,43)/t14-,18-,21-,32-/m0/s1. The summed E-state index contributed by atoms with van der Waals surface area (Å²) in [4.78, 5) is 54.3. The normalized spacial score (nSPS) is 24.1. The molecule has 8 N–H and O–H groups in total. The van der Waals surface area contributed by atoms with Gasteiger partial charge in [0.15, 0.2) is 17.1 Å². The molecule has 5 rings (SSSR count). The zero-order chi connectivity index (χ0) is 33.1. The third kappa shape index (κ3) is 4.83. The number of carbonyl (C=O) groups excluding carboxylic acids is 4. The van der Waals surface area contributed by atoms with Gasteiger partial charge >= 0.3 is 6.03 Å². The van der Waals surface area contributed by atoms with Crippen molar-refractivity contribution < 1.29 is 44.3 Å². The first-order valence-electron chi connectivity index (χ1n) is 14.4. The highest BCUT2D eigenvalue weighted by Gasteiger charge is 2.64. The zero-order valence-electron chi connectivity index (χ0n) is 25.5. The number of Topliss-reactive ketones (excluding diaryl/α,β-unsaturated/α-hetero) is 2. The SMILES string of the molecule is COc1ccc(NC(=O)Nc2cc(N(C)C)c3c(c2O)C(O)=C2C(=O)[C@]4(O)C(O)=C(C(N)=O)C(=O)[C@@H](C(C)C)[C@@H]4C[C@@H]2C3)cc1. The number of aromatic hydroxyl groups is 1. The Kier molecular flexibility index (Phi) is 7.78. The summed E-state index contributed by atoms with van der Waals surface area (Å²) in [6.07, 6.45) is 0.127. The number of phenols is 1. The molecule has 238 valence electrons. The number of phenolic OH excluding ortho intramolecular Hbond substituents is 1. The van der Waals surface area contributed by atoms with Crippen molar-refractivity contribution in [2.45, 2.75) is 32.3 Å². The van der Waals surface area contributed by atoms with Gasteiger partial charge in [-0.05, 0) is 60.6 Å². The number of ether oxygens (including phenoxy) is 1. The summed E-state index contributed by atoms with van der Waals surface area (Å²) in [6.45, 7) is 3.41. The number of hydrogen-bond donors (Lipinski definition) is 7. The number of nitrogens with two attached hydrogens (primary N) is 1. The van der Waals surface area contributed by atoms with Crippen LogP contribution in [0.2, 0.25) is 0 Å². The average molecular weight is 621 g/mol. The van der Waals surface area contributed by atoms with Crippen molar-refractivity contribution in [1.29, 1.82) is 0 Å². The molecule has 0 spiro atoms. The fraction of sp³-hybridized carbons (Fsp3) is 0.375. The number of rotatable bonds is 6. The molecule has 1 saturated carbocycles. The van der Waals surface area contributed by atoms with Gasteiger partial charge in [-0.3, -0.25) is 14.4 Å². The van der Waals surface area contributed by atoms with Crippen molar-refractivity contribution in [3.63, 3.8) is 0 Å². The van der Waals surface area contributed by atoms with E-state index in [1.54, 1.807) is 57.1 Å². The van der Waals surface area contributed by atoms with E-state index in [0.717, 1.165) is 0 Å². The number of benzene rings is 2. The molecule has 0 saturated heterocycles. The number of fused-ring (bicyclic) bond motifs is 3. The first-order valence-corrected chi connectivity index (χ1v) is 14.4. The maximum Gasteiger partial charge on any atom is 0.323 e. The minimum atomic E-state index is -2.71. The smallest absolute Gasteiger partial charge is 0.323 e. The molecule has 1 fully saturated rings. The minimum Gasteiger partial charge on any atom is -0.508 e. The van der Waals surface area contributed by atoms with E-state index in [2.05, 4.69) is 10.6 Å². The Morgan fingerprint density at radius 1 is 1.09 bits per heavy atom. The average Bonchev–Trinajstić information content (AvgIpc) is 2.96. The highest BCUT2D eigenvalue weighted by molar-refractivity contribution is 6.23. The van der Waals surface area contributed by atoms with Gasteiger partial charge in [-0.1, -0.05) is 13.8 Å². The van der Waals surface area contributed by atoms with Crippen LogP contribution in [0.5, 0.6) is 11.5 Å². The molecule has 0 unspecified atom stereocenters. The molecule has 2 aromatic rings. The van der Waals surface area contributed by atoms with Crippen LogP contribution in [0, 0.1) is 23.7 Å². The van der Waals surface area contributed by atoms with Crippen molar-refractivity contribution >= 4 is 46.3 Å². The molecule has 0 aromatic heterocycles. The Bertz CT molecular complexity index is 1690. The Morgan fingerprint density at radius 3 is 2.29 bits per heavy atom. The topological polar surface area (TPSA) is 212 Å². The number of anilines is 3. The Labute approximate surface area is 259 Å². The van der Waals surface area contributed by atoms with E-state index in [9.17, 15) is 39.6 Å². The summed E-state index contributed by atoms with van der Waals surface area (Å²) in [5, 5.41) is 51.1. The van der Waals surface area contributed by atoms with Crippen LogP contribution in [0.25, 0.3) is 5.76 Å². The lowest BCUT2D eigenvalue weighted by Crippen LogP contribution is -2.62. The molecule has 0 radical (unpaired) electrons. The van der Waals surface area contributed by atoms with E-state index in [0.29, 0.717) is 22.7 Å². The number of nitrogens with one attached hydrogen (secondary N) is 2. The van der Waals surface area contributed by atoms with Crippen molar-refractivity contribution in [2.75, 3.05) is 36.7 Å². The largest absolute Gasteiger partial charge is 0.508 e. The molecule has 3 aliphatic rings. The van der Waals surface area contributed by atoms with E-state index in [4.69, 9.17) is 10.5 Å². The van der Waals surface area contributed by atoms with Crippen LogP contribution >= 0.6 is 0 Å². The van der Waals surface area contributed by atoms with Crippen molar-refractivity contribution in [1.82, 2.24) is 0 Å². The van der Waals surface area contributed by atoms with Crippen molar-refractivity contribution in [2.24, 2.45) is 29.4 Å². The van der Waals surface area contributed by atoms with Gasteiger partial charge in [0, 0.05) is 42.9 Å². The van der Waals surface area contributed by atoms with Crippen LogP contribution in [-0.4, -0.2) is 70.7 Å². The molecule has 13 heteroatoms. The lowest BCUT2D eigenvalue weighted by Gasteiger charge is -2.50. The summed E-state index contributed by atoms with van der Waals surface area (Å²) in [6, 6.07) is 7.39. The predicted octanol–water partition coefficient (Wildman–Crippen LogP) is 3.02. The van der Waals surface area contributed by atoms with Gasteiger partial charge in [0.2, 0.25) is 5.78 Å². The molecule has 45 heavy (non-hydrogen) atoms. The maximum atomic E-state index is 14.1. The lowest BCUT2D eigenvalue weighted by atomic mass is 9.54. The number of carbonyl (C=O) groups is 4. The van der Waals surface area contributed by atoms with Crippen molar-refractivity contribution in [3.8, 4) is 11.5 Å². The van der Waals surface area contributed by atoms with Crippen molar-refractivity contribution in [3.05, 3.63) is 58.4 Å². The summed E-state index contributed by atoms with van der Waals surface area (Å²) in [7, 11) is 4.98. The lowest BCUT2D eigenvalue weighted by molar-refractivity contribution is -0.155. The van der Waals surface area contributed by atoms with Gasteiger partial charge in [0.1, 0.15) is 22.8 Å². The van der Waals surface area contributed by atoms with Gasteiger partial charge in [-0.15, -0.1) is 0 Å². The van der Waals surface area contributed by atoms with E-state index < -0.39 is 75.6 Å². The first kappa shape index (κ1) is 31.4. The van der Waals surface area contributed by atoms with Gasteiger partial charge in [-0.25, -0.2) is 4.79 Å². The molecule has 13 nitrogen and oxygen atoms in total. The van der Waals surface area contributed by atoms with Crippen LogP contribution in [-0.2, 0) is 20.8 Å². The van der Waals surface area contributed by atoms with Crippen LogP contribution < -0.4 is 26.0 Å². The first-order chi connectivity index (χ1) is 21.1. The number of amides is 3. The van der Waals surface area contributed by atoms with Crippen LogP contribution in [0.1, 0.15) is 31.4 Å². The fourth-order valence-electron chi connectivity index (χ4n) is 6.99. The van der Waals surface area contributed by atoms with Crippen LogP contribution in [0.3, 0.4) is 0 Å². The summed E-state index contributed by atoms with van der Waals surface area (Å²) >= 11 is 0. The van der Waals surface area contributed by atoms with Gasteiger partial charge in [-0.2, -0.15) is 0 Å². The molecule has 3 aliphatic carbocycles. The molecule has 0 aliphatic heterocycles. The quantitative estimate of drug-likeness (QED) is 0.185. The second kappa shape index (κ2) is 11.1. The molecule has 3 amide bonds. The Hall–Kier alpha value is -5.04. The van der Waals surface area contributed by atoms with E-state index in [1.165, 1.54) is 13.2 Å². The molecular weight excluding hydrogens is 584 g/mol. The minimum absolute atomic E-state index is 0.00363. The van der Waals surface area contributed by atoms with Crippen LogP contribution in [0.4, 0.5) is 21.9 Å².